The maximum atomic E-state index is 5.83. The molecule has 1 atom stereocenters. The first kappa shape index (κ1) is 9.34. The van der Waals surface area contributed by atoms with Crippen LogP contribution in [-0.2, 0) is 0 Å². The lowest BCUT2D eigenvalue weighted by atomic mass is 9.95. The number of hydrogen-bond donors (Lipinski definition) is 1. The Balaban J connectivity index is 2.05. The molecule has 1 nitrogen and oxygen atoms in total. The van der Waals surface area contributed by atoms with Crippen molar-refractivity contribution < 1.29 is 0 Å². The molecule has 1 aliphatic rings. The molecule has 66 valence electrons. The molecule has 1 aliphatic carbocycles. The molecule has 0 heterocycles. The van der Waals surface area contributed by atoms with Gasteiger partial charge in [0.1, 0.15) is 0 Å². The van der Waals surface area contributed by atoms with Crippen molar-refractivity contribution in [2.75, 3.05) is 6.54 Å². The van der Waals surface area contributed by atoms with Crippen LogP contribution in [0.4, 0.5) is 0 Å². The molecular formula is C9H18ClN. The van der Waals surface area contributed by atoms with E-state index in [1.807, 2.05) is 6.92 Å². The molecule has 0 aromatic heterocycles. The van der Waals surface area contributed by atoms with Gasteiger partial charge in [-0.15, -0.1) is 11.6 Å². The third kappa shape index (κ3) is 3.97. The predicted octanol–water partition coefficient (Wildman–Crippen LogP) is 2.54. The van der Waals surface area contributed by atoms with E-state index in [0.717, 1.165) is 12.6 Å². The van der Waals surface area contributed by atoms with Crippen molar-refractivity contribution in [1.29, 1.82) is 0 Å². The second kappa shape index (κ2) is 5.00. The van der Waals surface area contributed by atoms with Crippen molar-refractivity contribution in [3.05, 3.63) is 0 Å². The van der Waals surface area contributed by atoms with E-state index in [0.29, 0.717) is 0 Å². The summed E-state index contributed by atoms with van der Waals surface area (Å²) in [5, 5.41) is 3.76. The number of hydrogen-bond acceptors (Lipinski definition) is 1. The third-order valence-corrected chi connectivity index (χ3v) is 2.45. The van der Waals surface area contributed by atoms with Crippen LogP contribution in [0.5, 0.6) is 0 Å². The maximum absolute atomic E-state index is 5.83. The first-order valence-corrected chi connectivity index (χ1v) is 5.10. The lowest BCUT2D eigenvalue weighted by molar-refractivity contribution is 0.375. The van der Waals surface area contributed by atoms with Crippen LogP contribution in [0.3, 0.4) is 0 Å². The normalized spacial score (nSPS) is 23.5. The van der Waals surface area contributed by atoms with E-state index < -0.39 is 0 Å². The van der Waals surface area contributed by atoms with Gasteiger partial charge in [0.25, 0.3) is 0 Å². The Bertz CT molecular complexity index is 97.7. The molecule has 0 saturated heterocycles. The molecule has 2 heteroatoms. The summed E-state index contributed by atoms with van der Waals surface area (Å²) in [4.78, 5) is 0. The Hall–Kier alpha value is 0.250. The van der Waals surface area contributed by atoms with Gasteiger partial charge in [0, 0.05) is 18.0 Å². The molecule has 0 radical (unpaired) electrons. The second-order valence-corrected chi connectivity index (χ2v) is 4.27. The average Bonchev–Trinajstić information content (AvgIpc) is 2.03. The summed E-state index contributed by atoms with van der Waals surface area (Å²) < 4.78 is 0. The molecule has 0 amide bonds. The van der Waals surface area contributed by atoms with Crippen LogP contribution >= 0.6 is 11.6 Å². The van der Waals surface area contributed by atoms with E-state index in [-0.39, 0.29) is 5.38 Å². The highest BCUT2D eigenvalue weighted by Crippen LogP contribution is 2.17. The van der Waals surface area contributed by atoms with E-state index in [1.54, 1.807) is 0 Å². The SMILES string of the molecule is CC(Cl)CNC1CCCCC1. The fourth-order valence-corrected chi connectivity index (χ4v) is 1.72. The van der Waals surface area contributed by atoms with Crippen LogP contribution in [0, 0.1) is 0 Å². The minimum absolute atomic E-state index is 0.275. The summed E-state index contributed by atoms with van der Waals surface area (Å²) in [5.41, 5.74) is 0. The lowest BCUT2D eigenvalue weighted by Crippen LogP contribution is -2.34. The Morgan fingerprint density at radius 3 is 2.55 bits per heavy atom. The molecule has 0 aromatic rings. The Labute approximate surface area is 74.5 Å². The molecule has 1 N–H and O–H groups in total. The number of rotatable bonds is 3. The largest absolute Gasteiger partial charge is 0.313 e. The van der Waals surface area contributed by atoms with E-state index in [2.05, 4.69) is 5.32 Å². The zero-order valence-corrected chi connectivity index (χ0v) is 8.03. The Morgan fingerprint density at radius 2 is 2.00 bits per heavy atom. The first-order valence-electron chi connectivity index (χ1n) is 4.66. The molecule has 1 unspecified atom stereocenters. The van der Waals surface area contributed by atoms with Gasteiger partial charge in [0.2, 0.25) is 0 Å². The van der Waals surface area contributed by atoms with Crippen LogP contribution in [0.2, 0.25) is 0 Å². The predicted molar refractivity (Wildman–Crippen MR) is 50.2 cm³/mol. The zero-order chi connectivity index (χ0) is 8.10. The fourth-order valence-electron chi connectivity index (χ4n) is 1.64. The van der Waals surface area contributed by atoms with Crippen LogP contribution < -0.4 is 5.32 Å². The minimum Gasteiger partial charge on any atom is -0.313 e. The van der Waals surface area contributed by atoms with Gasteiger partial charge in [-0.05, 0) is 19.8 Å². The quantitative estimate of drug-likeness (QED) is 0.651. The van der Waals surface area contributed by atoms with Gasteiger partial charge in [0.05, 0.1) is 0 Å². The number of alkyl halides is 1. The van der Waals surface area contributed by atoms with Crippen LogP contribution in [-0.4, -0.2) is 18.0 Å². The van der Waals surface area contributed by atoms with Gasteiger partial charge in [-0.3, -0.25) is 0 Å². The highest BCUT2D eigenvalue weighted by molar-refractivity contribution is 6.20. The summed E-state index contributed by atoms with van der Waals surface area (Å²) in [5.74, 6) is 0. The molecule has 1 rings (SSSR count). The minimum atomic E-state index is 0.275. The highest BCUT2D eigenvalue weighted by Gasteiger charge is 2.12. The summed E-state index contributed by atoms with van der Waals surface area (Å²) in [6, 6.07) is 0.755. The topological polar surface area (TPSA) is 12.0 Å². The molecule has 1 saturated carbocycles. The number of nitrogens with one attached hydrogen (secondary N) is 1. The van der Waals surface area contributed by atoms with Crippen molar-refractivity contribution in [2.45, 2.75) is 50.4 Å². The third-order valence-electron chi connectivity index (χ3n) is 2.29. The van der Waals surface area contributed by atoms with Crippen molar-refractivity contribution in [3.8, 4) is 0 Å². The zero-order valence-electron chi connectivity index (χ0n) is 7.28. The summed E-state index contributed by atoms with van der Waals surface area (Å²) in [6.07, 6.45) is 6.92. The second-order valence-electron chi connectivity index (χ2n) is 3.52. The van der Waals surface area contributed by atoms with E-state index >= 15 is 0 Å². The van der Waals surface area contributed by atoms with E-state index in [4.69, 9.17) is 11.6 Å². The van der Waals surface area contributed by atoms with E-state index in [9.17, 15) is 0 Å². The first-order chi connectivity index (χ1) is 5.29. The van der Waals surface area contributed by atoms with Crippen molar-refractivity contribution in [3.63, 3.8) is 0 Å². The summed E-state index contributed by atoms with van der Waals surface area (Å²) in [6.45, 7) is 3.00. The average molecular weight is 176 g/mol. The van der Waals surface area contributed by atoms with Gasteiger partial charge in [-0.1, -0.05) is 19.3 Å². The lowest BCUT2D eigenvalue weighted by Gasteiger charge is -2.23. The molecule has 0 aliphatic heterocycles. The Morgan fingerprint density at radius 1 is 1.36 bits per heavy atom. The van der Waals surface area contributed by atoms with Crippen molar-refractivity contribution in [2.24, 2.45) is 0 Å². The van der Waals surface area contributed by atoms with Crippen molar-refractivity contribution in [1.82, 2.24) is 5.32 Å². The maximum Gasteiger partial charge on any atom is 0.0432 e. The molecule has 0 spiro atoms. The van der Waals surface area contributed by atoms with Gasteiger partial charge in [0.15, 0.2) is 0 Å². The van der Waals surface area contributed by atoms with Gasteiger partial charge in [-0.25, -0.2) is 0 Å². The molecule has 11 heavy (non-hydrogen) atoms. The Kier molecular flexibility index (Phi) is 4.24. The van der Waals surface area contributed by atoms with Crippen LogP contribution in [0.15, 0.2) is 0 Å². The molecule has 0 bridgehead atoms. The van der Waals surface area contributed by atoms with Gasteiger partial charge in [-0.2, -0.15) is 0 Å². The van der Waals surface area contributed by atoms with Crippen LogP contribution in [0.1, 0.15) is 39.0 Å². The van der Waals surface area contributed by atoms with Gasteiger partial charge < -0.3 is 5.32 Å². The fraction of sp³-hybridized carbons (Fsp3) is 1.00. The summed E-state index contributed by atoms with van der Waals surface area (Å²) >= 11 is 5.83. The van der Waals surface area contributed by atoms with Gasteiger partial charge >= 0.3 is 0 Å². The van der Waals surface area contributed by atoms with Crippen LogP contribution in [0.25, 0.3) is 0 Å². The molecule has 0 aromatic carbocycles. The summed E-state index contributed by atoms with van der Waals surface area (Å²) in [7, 11) is 0. The van der Waals surface area contributed by atoms with Crippen molar-refractivity contribution >= 4 is 11.6 Å². The van der Waals surface area contributed by atoms with E-state index in [1.165, 1.54) is 32.1 Å². The molecular weight excluding hydrogens is 158 g/mol. The standard InChI is InChI=1S/C9H18ClN/c1-8(10)7-11-9-5-3-2-4-6-9/h8-9,11H,2-7H2,1H3. The number of halogens is 1. The monoisotopic (exact) mass is 175 g/mol. The molecule has 1 fully saturated rings. The highest BCUT2D eigenvalue weighted by atomic mass is 35.5. The smallest absolute Gasteiger partial charge is 0.0432 e.